The van der Waals surface area contributed by atoms with E-state index in [1.807, 2.05) is 0 Å². The van der Waals surface area contributed by atoms with E-state index < -0.39 is 81.9 Å². The highest BCUT2D eigenvalue weighted by Crippen LogP contribution is 2.65. The second-order valence-electron chi connectivity index (χ2n) is 12.0. The van der Waals surface area contributed by atoms with E-state index in [4.69, 9.17) is 23.7 Å². The largest absolute Gasteiger partial charge is 0.510 e. The van der Waals surface area contributed by atoms with Crippen LogP contribution >= 0.6 is 0 Å². The minimum atomic E-state index is -2.74. The van der Waals surface area contributed by atoms with Gasteiger partial charge in [-0.2, -0.15) is 0 Å². The van der Waals surface area contributed by atoms with E-state index in [0.717, 1.165) is 6.92 Å². The van der Waals surface area contributed by atoms with Gasteiger partial charge >= 0.3 is 5.97 Å². The molecule has 1 aromatic rings. The Morgan fingerprint density at radius 1 is 1.02 bits per heavy atom. The first-order valence-electron chi connectivity index (χ1n) is 14.4. The second kappa shape index (κ2) is 10.3. The number of nitrogens with zero attached hydrogens (tertiary/aromatic N) is 1. The van der Waals surface area contributed by atoms with Crippen LogP contribution in [0.4, 0.5) is 0 Å². The van der Waals surface area contributed by atoms with Gasteiger partial charge in [-0.1, -0.05) is 19.1 Å². The van der Waals surface area contributed by atoms with Crippen LogP contribution in [-0.2, 0) is 39.1 Å². The van der Waals surface area contributed by atoms with Crippen molar-refractivity contribution in [2.45, 2.75) is 56.0 Å². The quantitative estimate of drug-likeness (QED) is 0.229. The molecular formula is C30H36N2O12. The first kappa shape index (κ1) is 30.6. The molecule has 0 radical (unpaired) electrons. The average molecular weight is 617 g/mol. The van der Waals surface area contributed by atoms with Gasteiger partial charge in [0.05, 0.1) is 50.1 Å². The molecule has 2 heterocycles. The van der Waals surface area contributed by atoms with Crippen LogP contribution in [0.3, 0.4) is 0 Å². The Morgan fingerprint density at radius 3 is 2.20 bits per heavy atom. The summed E-state index contributed by atoms with van der Waals surface area (Å²) in [6.45, 7) is 3.90. The lowest BCUT2D eigenvalue weighted by molar-refractivity contribution is -0.296. The Morgan fingerprint density at radius 2 is 1.64 bits per heavy atom. The third-order valence-electron chi connectivity index (χ3n) is 9.36. The van der Waals surface area contributed by atoms with Crippen LogP contribution in [0.1, 0.15) is 37.8 Å². The van der Waals surface area contributed by atoms with E-state index >= 15 is 0 Å². The maximum Gasteiger partial charge on any atom is 0.308 e. The van der Waals surface area contributed by atoms with Gasteiger partial charge in [0.2, 0.25) is 17.5 Å². The van der Waals surface area contributed by atoms with Crippen LogP contribution in [0.5, 0.6) is 5.75 Å². The lowest BCUT2D eigenvalue weighted by atomic mass is 9.53. The minimum Gasteiger partial charge on any atom is -0.510 e. The Bertz CT molecular complexity index is 1490. The monoisotopic (exact) mass is 616 g/mol. The molecule has 6 rings (SSSR count). The molecule has 5 aliphatic rings. The van der Waals surface area contributed by atoms with Crippen LogP contribution in [0.2, 0.25) is 0 Å². The fourth-order valence-electron chi connectivity index (χ4n) is 7.94. The summed E-state index contributed by atoms with van der Waals surface area (Å²) in [4.78, 5) is 39.1. The molecule has 5 N–H and O–H groups in total. The van der Waals surface area contributed by atoms with Gasteiger partial charge in [0.15, 0.2) is 5.60 Å². The zero-order valence-corrected chi connectivity index (χ0v) is 24.9. The van der Waals surface area contributed by atoms with Crippen molar-refractivity contribution in [3.05, 3.63) is 52.0 Å². The summed E-state index contributed by atoms with van der Waals surface area (Å²) in [6.07, 6.45) is -1.53. The standard InChI is InChI=1S/C30H36N2O12/c1-13-16-7-6-8-17(44-15(3)34)19(16)29(40-9-10-41-29)20-18(13)24(35)21-23(32(4)5)25(36)22(27(38)31-14(2)33)30(42-11-12-43-30)28(21,39)26(20)37/h6-8,13,18,21,23-24,35-37,39H,9-12H2,1-5H3,(H,31,33,38)/t13-,18+,21+,23-,24-,28-/m0/s1. The summed E-state index contributed by atoms with van der Waals surface area (Å²) < 4.78 is 29.9. The van der Waals surface area contributed by atoms with Crippen molar-refractivity contribution in [1.82, 2.24) is 10.2 Å². The summed E-state index contributed by atoms with van der Waals surface area (Å²) in [5.74, 6) is -11.2. The summed E-state index contributed by atoms with van der Waals surface area (Å²) in [6, 6.07) is 3.74. The number of ether oxygens (including phenoxy) is 5. The molecule has 2 aliphatic heterocycles. The average Bonchev–Trinajstić information content (AvgIpc) is 3.62. The molecule has 2 saturated heterocycles. The number of rotatable bonds is 3. The van der Waals surface area contributed by atoms with Gasteiger partial charge < -0.3 is 44.1 Å². The first-order valence-corrected chi connectivity index (χ1v) is 14.4. The van der Waals surface area contributed by atoms with Crippen LogP contribution in [0.25, 0.3) is 0 Å². The first-order chi connectivity index (χ1) is 20.7. The van der Waals surface area contributed by atoms with Crippen LogP contribution < -0.4 is 10.1 Å². The number of aliphatic hydroxyl groups is 4. The van der Waals surface area contributed by atoms with Crippen LogP contribution in [-0.4, -0.2) is 107 Å². The van der Waals surface area contributed by atoms with E-state index in [-0.39, 0.29) is 43.3 Å². The lowest BCUT2D eigenvalue weighted by Gasteiger charge is -2.60. The van der Waals surface area contributed by atoms with Crippen molar-refractivity contribution in [2.24, 2.45) is 11.8 Å². The highest BCUT2D eigenvalue weighted by molar-refractivity contribution is 6.05. The predicted molar refractivity (Wildman–Crippen MR) is 148 cm³/mol. The van der Waals surface area contributed by atoms with Gasteiger partial charge in [-0.05, 0) is 31.6 Å². The molecule has 0 unspecified atom stereocenters. The van der Waals surface area contributed by atoms with Crippen molar-refractivity contribution >= 4 is 17.8 Å². The minimum absolute atomic E-state index is 0.0507. The summed E-state index contributed by atoms with van der Waals surface area (Å²) >= 11 is 0. The molecule has 2 fully saturated rings. The molecule has 0 aromatic heterocycles. The molecule has 0 saturated carbocycles. The number of nitrogens with one attached hydrogen (secondary N) is 1. The molecule has 14 heteroatoms. The zero-order valence-electron chi connectivity index (χ0n) is 24.9. The van der Waals surface area contributed by atoms with Crippen LogP contribution in [0.15, 0.2) is 40.9 Å². The van der Waals surface area contributed by atoms with Crippen molar-refractivity contribution in [3.8, 4) is 5.75 Å². The number of likely N-dealkylation sites (N-methyl/N-ethyl adjacent to an activating group) is 1. The van der Waals surface area contributed by atoms with Gasteiger partial charge in [0.25, 0.3) is 5.91 Å². The van der Waals surface area contributed by atoms with Gasteiger partial charge in [0.1, 0.15) is 22.8 Å². The van der Waals surface area contributed by atoms with Gasteiger partial charge in [-0.3, -0.25) is 24.6 Å². The molecule has 0 bridgehead atoms. The van der Waals surface area contributed by atoms with Gasteiger partial charge in [-0.15, -0.1) is 0 Å². The molecule has 1 aromatic carbocycles. The molecule has 2 spiro atoms. The van der Waals surface area contributed by atoms with Gasteiger partial charge in [-0.25, -0.2) is 0 Å². The molecule has 2 amide bonds. The van der Waals surface area contributed by atoms with E-state index in [1.165, 1.54) is 11.8 Å². The lowest BCUT2D eigenvalue weighted by Crippen LogP contribution is -2.75. The molecule has 3 aliphatic carbocycles. The van der Waals surface area contributed by atoms with Crippen molar-refractivity contribution < 1.29 is 58.5 Å². The smallest absolute Gasteiger partial charge is 0.308 e. The Labute approximate surface area is 252 Å². The third kappa shape index (κ3) is 3.82. The van der Waals surface area contributed by atoms with Crippen LogP contribution in [0, 0.1) is 11.8 Å². The molecule has 238 valence electrons. The Balaban J connectivity index is 1.70. The maximum absolute atomic E-state index is 13.6. The number of benzene rings is 1. The van der Waals surface area contributed by atoms with E-state index in [2.05, 4.69) is 5.32 Å². The molecule has 6 atom stereocenters. The number of amides is 2. The number of hydrogen-bond acceptors (Lipinski definition) is 13. The number of esters is 1. The van der Waals surface area contributed by atoms with Gasteiger partial charge in [0, 0.05) is 25.3 Å². The maximum atomic E-state index is 13.6. The number of carbonyl (C=O) groups is 3. The number of aliphatic hydroxyl groups excluding tert-OH is 3. The van der Waals surface area contributed by atoms with E-state index in [0.29, 0.717) is 5.56 Å². The van der Waals surface area contributed by atoms with E-state index in [1.54, 1.807) is 39.2 Å². The van der Waals surface area contributed by atoms with Crippen molar-refractivity contribution in [1.29, 1.82) is 0 Å². The predicted octanol–water partition coefficient (Wildman–Crippen LogP) is 0.240. The number of fused-ring (bicyclic) bond motifs is 6. The topological polar surface area (TPSA) is 194 Å². The third-order valence-corrected chi connectivity index (χ3v) is 9.36. The SMILES string of the molecule is CC(=O)NC(=O)C1=C(O)[C@@H](N(C)C)[C@@H]2[C@@H](O)[C@H]3C(=C(O)[C@]2(O)C12OCCO2)C1(OCCO1)c1c(OC(C)=O)cccc1[C@@H]3C. The number of hydrogen-bond donors (Lipinski definition) is 5. The zero-order chi connectivity index (χ0) is 31.9. The second-order valence-corrected chi connectivity index (χ2v) is 12.0. The highest BCUT2D eigenvalue weighted by atomic mass is 16.8. The molecular weight excluding hydrogens is 580 g/mol. The Hall–Kier alpha value is -3.37. The fraction of sp³-hybridized carbons (Fsp3) is 0.567. The highest BCUT2D eigenvalue weighted by Gasteiger charge is 2.77. The van der Waals surface area contributed by atoms with E-state index in [9.17, 15) is 34.8 Å². The van der Waals surface area contributed by atoms with Crippen molar-refractivity contribution in [2.75, 3.05) is 40.5 Å². The molecule has 44 heavy (non-hydrogen) atoms. The summed E-state index contributed by atoms with van der Waals surface area (Å²) in [5.41, 5.74) is -2.55. The van der Waals surface area contributed by atoms with Crippen molar-refractivity contribution in [3.63, 3.8) is 0 Å². The number of carbonyl (C=O) groups excluding carboxylic acids is 3. The number of imide groups is 1. The normalized spacial score (nSPS) is 33.3. The summed E-state index contributed by atoms with van der Waals surface area (Å²) in [7, 11) is 3.13. The summed E-state index contributed by atoms with van der Waals surface area (Å²) in [5, 5.41) is 51.6. The Kier molecular flexibility index (Phi) is 7.20. The fourth-order valence-corrected chi connectivity index (χ4v) is 7.94. The molecule has 14 nitrogen and oxygen atoms in total.